The molecule has 0 aliphatic rings. The zero-order chi connectivity index (χ0) is 18.1. The number of carbonyl (C=O) groups excluding carboxylic acids is 2. The van der Waals surface area contributed by atoms with E-state index in [0.717, 1.165) is 18.4 Å². The van der Waals surface area contributed by atoms with E-state index in [1.807, 2.05) is 37.3 Å². The first-order valence-electron chi connectivity index (χ1n) is 8.52. The second kappa shape index (κ2) is 9.56. The molecule has 134 valence electrons. The summed E-state index contributed by atoms with van der Waals surface area (Å²) in [5, 5.41) is 6.57. The van der Waals surface area contributed by atoms with Gasteiger partial charge in [-0.15, -0.1) is 0 Å². The first-order chi connectivity index (χ1) is 12.1. The number of nitrogens with two attached hydrogens (primary N) is 1. The second-order valence-corrected chi connectivity index (χ2v) is 5.92. The van der Waals surface area contributed by atoms with Crippen LogP contribution in [0.4, 0.5) is 0 Å². The summed E-state index contributed by atoms with van der Waals surface area (Å²) in [6.07, 6.45) is 3.48. The van der Waals surface area contributed by atoms with Crippen LogP contribution in [0.15, 0.2) is 34.9 Å². The molecule has 0 aliphatic carbocycles. The molecule has 7 nitrogen and oxygen atoms in total. The predicted octanol–water partition coefficient (Wildman–Crippen LogP) is 1.56. The van der Waals surface area contributed by atoms with Crippen LogP contribution in [0.2, 0.25) is 0 Å². The quantitative estimate of drug-likeness (QED) is 0.679. The highest BCUT2D eigenvalue weighted by molar-refractivity contribution is 5.86. The molecule has 3 N–H and O–H groups in total. The summed E-state index contributed by atoms with van der Waals surface area (Å²) in [7, 11) is 0. The Bertz CT molecular complexity index is 685. The van der Waals surface area contributed by atoms with Gasteiger partial charge in [0.15, 0.2) is 5.82 Å². The fourth-order valence-electron chi connectivity index (χ4n) is 2.46. The Morgan fingerprint density at radius 1 is 1.24 bits per heavy atom. The number of benzene rings is 1. The Balaban J connectivity index is 1.77. The van der Waals surface area contributed by atoms with Crippen molar-refractivity contribution in [3.63, 3.8) is 0 Å². The number of hydrogen-bond acceptors (Lipinski definition) is 5. The summed E-state index contributed by atoms with van der Waals surface area (Å²) in [6, 6.07) is 8.73. The molecule has 0 saturated carbocycles. The van der Waals surface area contributed by atoms with Crippen molar-refractivity contribution in [2.75, 3.05) is 0 Å². The Kier molecular flexibility index (Phi) is 7.13. The highest BCUT2D eigenvalue weighted by Crippen LogP contribution is 2.06. The van der Waals surface area contributed by atoms with E-state index in [4.69, 9.17) is 10.3 Å². The van der Waals surface area contributed by atoms with Crippen LogP contribution in [-0.2, 0) is 28.9 Å². The maximum absolute atomic E-state index is 12.1. The molecule has 0 spiro atoms. The Hall–Kier alpha value is -2.70. The van der Waals surface area contributed by atoms with E-state index < -0.39 is 11.9 Å². The summed E-state index contributed by atoms with van der Waals surface area (Å²) in [6.45, 7) is 2.05. The first kappa shape index (κ1) is 18.6. The lowest BCUT2D eigenvalue weighted by Crippen LogP contribution is -2.45. The Labute approximate surface area is 147 Å². The van der Waals surface area contributed by atoms with E-state index >= 15 is 0 Å². The van der Waals surface area contributed by atoms with E-state index in [-0.39, 0.29) is 12.3 Å². The fraction of sp³-hybridized carbons (Fsp3) is 0.444. The smallest absolute Gasteiger partial charge is 0.240 e. The van der Waals surface area contributed by atoms with Crippen LogP contribution in [0.5, 0.6) is 0 Å². The Morgan fingerprint density at radius 2 is 2.00 bits per heavy atom. The first-order valence-corrected chi connectivity index (χ1v) is 8.52. The number of primary amides is 1. The number of nitrogens with one attached hydrogen (secondary N) is 1. The van der Waals surface area contributed by atoms with Crippen LogP contribution in [-0.4, -0.2) is 28.0 Å². The number of aryl methyl sites for hydroxylation is 2. The molecule has 0 aliphatic heterocycles. The van der Waals surface area contributed by atoms with Crippen LogP contribution in [0.25, 0.3) is 0 Å². The van der Waals surface area contributed by atoms with E-state index in [0.29, 0.717) is 31.0 Å². The molecule has 7 heteroatoms. The lowest BCUT2D eigenvalue weighted by molar-refractivity contribution is -0.127. The number of nitrogens with zero attached hydrogens (tertiary/aromatic N) is 2. The summed E-state index contributed by atoms with van der Waals surface area (Å²) in [5.41, 5.74) is 6.34. The molecule has 25 heavy (non-hydrogen) atoms. The summed E-state index contributed by atoms with van der Waals surface area (Å²) in [4.78, 5) is 27.9. The van der Waals surface area contributed by atoms with Gasteiger partial charge < -0.3 is 15.6 Å². The second-order valence-electron chi connectivity index (χ2n) is 5.92. The van der Waals surface area contributed by atoms with E-state index in [1.54, 1.807) is 0 Å². The Morgan fingerprint density at radius 3 is 2.68 bits per heavy atom. The van der Waals surface area contributed by atoms with Gasteiger partial charge in [0.2, 0.25) is 17.7 Å². The summed E-state index contributed by atoms with van der Waals surface area (Å²) in [5.74, 6) is 0.469. The van der Waals surface area contributed by atoms with Gasteiger partial charge in [0.25, 0.3) is 0 Å². The zero-order valence-electron chi connectivity index (χ0n) is 14.4. The van der Waals surface area contributed by atoms with Crippen molar-refractivity contribution >= 4 is 11.8 Å². The lowest BCUT2D eigenvalue weighted by Gasteiger charge is -2.15. The molecular weight excluding hydrogens is 320 g/mol. The van der Waals surface area contributed by atoms with Crippen LogP contribution in [0.1, 0.15) is 43.5 Å². The average molecular weight is 344 g/mol. The molecule has 0 saturated heterocycles. The molecule has 0 bridgehead atoms. The van der Waals surface area contributed by atoms with Crippen molar-refractivity contribution < 1.29 is 14.1 Å². The van der Waals surface area contributed by atoms with Crippen molar-refractivity contribution in [2.24, 2.45) is 5.73 Å². The average Bonchev–Trinajstić information content (AvgIpc) is 3.03. The fourth-order valence-corrected chi connectivity index (χ4v) is 2.46. The van der Waals surface area contributed by atoms with Gasteiger partial charge in [-0.05, 0) is 18.4 Å². The van der Waals surface area contributed by atoms with Crippen LogP contribution in [0.3, 0.4) is 0 Å². The molecular formula is C18H24N4O3. The molecule has 2 amide bonds. The van der Waals surface area contributed by atoms with Crippen molar-refractivity contribution in [1.82, 2.24) is 15.5 Å². The van der Waals surface area contributed by atoms with Crippen molar-refractivity contribution in [1.29, 1.82) is 0 Å². The van der Waals surface area contributed by atoms with Crippen molar-refractivity contribution in [3.8, 4) is 0 Å². The number of amides is 2. The molecule has 1 atom stereocenters. The van der Waals surface area contributed by atoms with Crippen molar-refractivity contribution in [2.45, 2.75) is 51.5 Å². The van der Waals surface area contributed by atoms with Gasteiger partial charge in [0.05, 0.1) is 0 Å². The SMILES string of the molecule is CCCc1noc(CCCC(=O)N[C@H](Cc2ccccc2)C(N)=O)n1. The van der Waals surface area contributed by atoms with Gasteiger partial charge in [-0.2, -0.15) is 4.98 Å². The van der Waals surface area contributed by atoms with Gasteiger partial charge in [-0.25, -0.2) is 0 Å². The van der Waals surface area contributed by atoms with Gasteiger partial charge in [0.1, 0.15) is 6.04 Å². The number of aromatic nitrogens is 2. The molecule has 1 aromatic carbocycles. The third-order valence-corrected chi connectivity index (χ3v) is 3.74. The minimum Gasteiger partial charge on any atom is -0.368 e. The van der Waals surface area contributed by atoms with Gasteiger partial charge in [-0.1, -0.05) is 42.4 Å². The predicted molar refractivity (Wildman–Crippen MR) is 92.5 cm³/mol. The largest absolute Gasteiger partial charge is 0.368 e. The van der Waals surface area contributed by atoms with Crippen LogP contribution in [0, 0.1) is 0 Å². The van der Waals surface area contributed by atoms with Crippen molar-refractivity contribution in [3.05, 3.63) is 47.6 Å². The number of carbonyl (C=O) groups is 2. The normalized spacial score (nSPS) is 11.9. The van der Waals surface area contributed by atoms with Gasteiger partial charge in [0, 0.05) is 25.7 Å². The topological polar surface area (TPSA) is 111 Å². The molecule has 0 unspecified atom stereocenters. The minimum absolute atomic E-state index is 0.215. The van der Waals surface area contributed by atoms with Crippen LogP contribution < -0.4 is 11.1 Å². The highest BCUT2D eigenvalue weighted by atomic mass is 16.5. The molecule has 2 aromatic rings. The molecule has 2 rings (SSSR count). The standard InChI is InChI=1S/C18H24N4O3/c1-2-7-15-21-17(25-22-15)11-6-10-16(23)20-14(18(19)24)12-13-8-4-3-5-9-13/h3-5,8-9,14H,2,6-7,10-12H2,1H3,(H2,19,24)(H,20,23)/t14-/m1/s1. The van der Waals surface area contributed by atoms with E-state index in [9.17, 15) is 9.59 Å². The maximum atomic E-state index is 12.1. The summed E-state index contributed by atoms with van der Waals surface area (Å²) >= 11 is 0. The van der Waals surface area contributed by atoms with Gasteiger partial charge >= 0.3 is 0 Å². The van der Waals surface area contributed by atoms with E-state index in [2.05, 4.69) is 15.5 Å². The molecule has 1 heterocycles. The third kappa shape index (κ3) is 6.37. The monoisotopic (exact) mass is 344 g/mol. The maximum Gasteiger partial charge on any atom is 0.240 e. The van der Waals surface area contributed by atoms with Crippen LogP contribution >= 0.6 is 0 Å². The number of hydrogen-bond donors (Lipinski definition) is 2. The highest BCUT2D eigenvalue weighted by Gasteiger charge is 2.18. The third-order valence-electron chi connectivity index (χ3n) is 3.74. The number of rotatable bonds is 10. The minimum atomic E-state index is -0.713. The lowest BCUT2D eigenvalue weighted by atomic mass is 10.1. The van der Waals surface area contributed by atoms with E-state index in [1.165, 1.54) is 0 Å². The summed E-state index contributed by atoms with van der Waals surface area (Å²) < 4.78 is 5.13. The molecule has 1 aromatic heterocycles. The zero-order valence-corrected chi connectivity index (χ0v) is 14.4. The molecule has 0 radical (unpaired) electrons. The van der Waals surface area contributed by atoms with Gasteiger partial charge in [-0.3, -0.25) is 9.59 Å². The molecule has 0 fully saturated rings.